The minimum absolute atomic E-state index is 0.0800. The Labute approximate surface area is 141 Å². The molecule has 0 bridgehead atoms. The van der Waals surface area contributed by atoms with Crippen LogP contribution in [0, 0.1) is 17.2 Å². The van der Waals surface area contributed by atoms with Crippen LogP contribution in [-0.4, -0.2) is 23.7 Å². The fraction of sp³-hybridized carbons (Fsp3) is 0.263. The number of rotatable bonds is 6. The lowest BCUT2D eigenvalue weighted by molar-refractivity contribution is 0.0871. The Hall–Kier alpha value is -2.84. The fourth-order valence-electron chi connectivity index (χ4n) is 1.97. The standard InChI is InChI=1S/C19H20N2O3/c1-13(2)18(22)12-21-19(23)15-4-3-5-17(10-15)24-16-8-6-14(11-20)7-9-16/h3-10,13,18,22H,12H2,1-2H3,(H,21,23). The smallest absolute Gasteiger partial charge is 0.251 e. The van der Waals surface area contributed by atoms with E-state index < -0.39 is 6.10 Å². The normalized spacial score (nSPS) is 11.6. The summed E-state index contributed by atoms with van der Waals surface area (Å²) in [6.45, 7) is 3.99. The molecule has 5 heteroatoms. The van der Waals surface area contributed by atoms with Gasteiger partial charge in [0.1, 0.15) is 11.5 Å². The summed E-state index contributed by atoms with van der Waals surface area (Å²) in [6.07, 6.45) is -0.577. The number of nitriles is 1. The van der Waals surface area contributed by atoms with E-state index in [2.05, 4.69) is 5.32 Å². The topological polar surface area (TPSA) is 82.3 Å². The van der Waals surface area contributed by atoms with E-state index in [4.69, 9.17) is 10.00 Å². The molecular formula is C19H20N2O3. The third-order valence-electron chi connectivity index (χ3n) is 3.56. The van der Waals surface area contributed by atoms with Crippen LogP contribution >= 0.6 is 0 Å². The maximum atomic E-state index is 12.1. The van der Waals surface area contributed by atoms with E-state index in [1.165, 1.54) is 0 Å². The van der Waals surface area contributed by atoms with Crippen molar-refractivity contribution < 1.29 is 14.6 Å². The number of amides is 1. The molecule has 24 heavy (non-hydrogen) atoms. The molecule has 124 valence electrons. The molecule has 0 spiro atoms. The largest absolute Gasteiger partial charge is 0.457 e. The van der Waals surface area contributed by atoms with E-state index in [1.807, 2.05) is 19.9 Å². The summed E-state index contributed by atoms with van der Waals surface area (Å²) >= 11 is 0. The summed E-state index contributed by atoms with van der Waals surface area (Å²) in [5.74, 6) is 0.926. The molecule has 0 radical (unpaired) electrons. The first-order valence-corrected chi connectivity index (χ1v) is 7.74. The number of aliphatic hydroxyl groups is 1. The second-order valence-electron chi connectivity index (χ2n) is 5.79. The second kappa shape index (κ2) is 8.14. The molecule has 1 unspecified atom stereocenters. The molecule has 0 fully saturated rings. The summed E-state index contributed by atoms with van der Waals surface area (Å²) in [7, 11) is 0. The van der Waals surface area contributed by atoms with Gasteiger partial charge in [0, 0.05) is 12.1 Å². The molecule has 0 heterocycles. The highest BCUT2D eigenvalue weighted by atomic mass is 16.5. The van der Waals surface area contributed by atoms with Crippen LogP contribution in [0.4, 0.5) is 0 Å². The number of nitrogens with one attached hydrogen (secondary N) is 1. The van der Waals surface area contributed by atoms with Crippen LogP contribution in [0.3, 0.4) is 0 Å². The van der Waals surface area contributed by atoms with Gasteiger partial charge in [-0.05, 0) is 48.4 Å². The number of aliphatic hydroxyl groups excluding tert-OH is 1. The molecule has 2 rings (SSSR count). The van der Waals surface area contributed by atoms with Crippen molar-refractivity contribution in [2.45, 2.75) is 20.0 Å². The molecule has 0 aliphatic carbocycles. The van der Waals surface area contributed by atoms with Crippen LogP contribution < -0.4 is 10.1 Å². The van der Waals surface area contributed by atoms with Gasteiger partial charge in [0.15, 0.2) is 0 Å². The molecule has 0 saturated carbocycles. The highest BCUT2D eigenvalue weighted by Gasteiger charge is 2.12. The van der Waals surface area contributed by atoms with Gasteiger partial charge < -0.3 is 15.2 Å². The minimum atomic E-state index is -0.577. The van der Waals surface area contributed by atoms with Crippen molar-refractivity contribution in [3.63, 3.8) is 0 Å². The van der Waals surface area contributed by atoms with Gasteiger partial charge in [0.05, 0.1) is 17.7 Å². The van der Waals surface area contributed by atoms with Gasteiger partial charge in [0.25, 0.3) is 5.91 Å². The van der Waals surface area contributed by atoms with Gasteiger partial charge in [-0.2, -0.15) is 5.26 Å². The van der Waals surface area contributed by atoms with E-state index in [-0.39, 0.29) is 18.4 Å². The Morgan fingerprint density at radius 1 is 1.21 bits per heavy atom. The predicted molar refractivity (Wildman–Crippen MR) is 90.9 cm³/mol. The molecule has 2 N–H and O–H groups in total. The van der Waals surface area contributed by atoms with Crippen molar-refractivity contribution in [2.24, 2.45) is 5.92 Å². The van der Waals surface area contributed by atoms with Crippen LogP contribution in [0.2, 0.25) is 0 Å². The first kappa shape index (κ1) is 17.5. The molecular weight excluding hydrogens is 304 g/mol. The number of carbonyl (C=O) groups is 1. The molecule has 0 aliphatic heterocycles. The van der Waals surface area contributed by atoms with Gasteiger partial charge in [-0.1, -0.05) is 19.9 Å². The quantitative estimate of drug-likeness (QED) is 0.855. The molecule has 0 saturated heterocycles. The van der Waals surface area contributed by atoms with Crippen molar-refractivity contribution in [2.75, 3.05) is 6.54 Å². The van der Waals surface area contributed by atoms with Gasteiger partial charge in [-0.15, -0.1) is 0 Å². The van der Waals surface area contributed by atoms with Gasteiger partial charge in [0.2, 0.25) is 0 Å². The lowest BCUT2D eigenvalue weighted by atomic mass is 10.1. The average molecular weight is 324 g/mol. The Morgan fingerprint density at radius 2 is 1.92 bits per heavy atom. The van der Waals surface area contributed by atoms with Gasteiger partial charge in [-0.25, -0.2) is 0 Å². The van der Waals surface area contributed by atoms with Crippen molar-refractivity contribution in [1.82, 2.24) is 5.32 Å². The van der Waals surface area contributed by atoms with E-state index in [1.54, 1.807) is 48.5 Å². The molecule has 1 atom stereocenters. The lowest BCUT2D eigenvalue weighted by Crippen LogP contribution is -2.34. The fourth-order valence-corrected chi connectivity index (χ4v) is 1.97. The minimum Gasteiger partial charge on any atom is -0.457 e. The Morgan fingerprint density at radius 3 is 2.54 bits per heavy atom. The zero-order valence-electron chi connectivity index (χ0n) is 13.7. The Balaban J connectivity index is 2.02. The van der Waals surface area contributed by atoms with Crippen molar-refractivity contribution in [3.05, 3.63) is 59.7 Å². The number of ether oxygens (including phenoxy) is 1. The summed E-state index contributed by atoms with van der Waals surface area (Å²) in [5.41, 5.74) is 1.01. The Bertz CT molecular complexity index is 733. The number of nitrogens with zero attached hydrogens (tertiary/aromatic N) is 1. The van der Waals surface area contributed by atoms with Crippen LogP contribution in [0.15, 0.2) is 48.5 Å². The van der Waals surface area contributed by atoms with E-state index in [9.17, 15) is 9.90 Å². The van der Waals surface area contributed by atoms with Gasteiger partial charge >= 0.3 is 0 Å². The second-order valence-corrected chi connectivity index (χ2v) is 5.79. The number of carbonyl (C=O) groups excluding carboxylic acids is 1. The van der Waals surface area contributed by atoms with Crippen LogP contribution in [0.5, 0.6) is 11.5 Å². The monoisotopic (exact) mass is 324 g/mol. The molecule has 1 amide bonds. The lowest BCUT2D eigenvalue weighted by Gasteiger charge is -2.15. The maximum Gasteiger partial charge on any atom is 0.251 e. The molecule has 0 aliphatic rings. The maximum absolute atomic E-state index is 12.1. The van der Waals surface area contributed by atoms with E-state index in [0.29, 0.717) is 22.6 Å². The van der Waals surface area contributed by atoms with Crippen molar-refractivity contribution in [1.29, 1.82) is 5.26 Å². The van der Waals surface area contributed by atoms with Crippen LogP contribution in [0.25, 0.3) is 0 Å². The third-order valence-corrected chi connectivity index (χ3v) is 3.56. The Kier molecular flexibility index (Phi) is 5.94. The highest BCUT2D eigenvalue weighted by Crippen LogP contribution is 2.22. The van der Waals surface area contributed by atoms with Crippen molar-refractivity contribution >= 4 is 5.91 Å². The number of hydrogen-bond donors (Lipinski definition) is 2. The zero-order chi connectivity index (χ0) is 17.5. The van der Waals surface area contributed by atoms with Crippen LogP contribution in [0.1, 0.15) is 29.8 Å². The average Bonchev–Trinajstić information content (AvgIpc) is 2.60. The summed E-state index contributed by atoms with van der Waals surface area (Å²) in [6, 6.07) is 15.6. The number of hydrogen-bond acceptors (Lipinski definition) is 4. The first-order chi connectivity index (χ1) is 11.5. The van der Waals surface area contributed by atoms with Gasteiger partial charge in [-0.3, -0.25) is 4.79 Å². The third kappa shape index (κ3) is 4.83. The molecule has 0 aromatic heterocycles. The van der Waals surface area contributed by atoms with E-state index >= 15 is 0 Å². The van der Waals surface area contributed by atoms with Crippen LogP contribution in [-0.2, 0) is 0 Å². The molecule has 2 aromatic carbocycles. The summed E-state index contributed by atoms with van der Waals surface area (Å²) in [5, 5.41) is 21.2. The molecule has 2 aromatic rings. The van der Waals surface area contributed by atoms with E-state index in [0.717, 1.165) is 0 Å². The SMILES string of the molecule is CC(C)C(O)CNC(=O)c1cccc(Oc2ccc(C#N)cc2)c1. The summed E-state index contributed by atoms with van der Waals surface area (Å²) in [4.78, 5) is 12.1. The molecule has 5 nitrogen and oxygen atoms in total. The first-order valence-electron chi connectivity index (χ1n) is 7.74. The summed E-state index contributed by atoms with van der Waals surface area (Å²) < 4.78 is 5.69. The van der Waals surface area contributed by atoms with Crippen molar-refractivity contribution in [3.8, 4) is 17.6 Å². The highest BCUT2D eigenvalue weighted by molar-refractivity contribution is 5.94. The zero-order valence-corrected chi connectivity index (χ0v) is 13.7. The predicted octanol–water partition coefficient (Wildman–Crippen LogP) is 3.10. The number of benzene rings is 2.